The average Bonchev–Trinajstić information content (AvgIpc) is 3.24. The van der Waals surface area contributed by atoms with E-state index in [4.69, 9.17) is 0 Å². The van der Waals surface area contributed by atoms with Crippen molar-refractivity contribution < 1.29 is 26.1 Å². The number of halogens is 3. The molecule has 0 radical (unpaired) electrons. The van der Waals surface area contributed by atoms with Gasteiger partial charge in [0.1, 0.15) is 4.21 Å². The second kappa shape index (κ2) is 8.16. The molecule has 0 aliphatic heterocycles. The van der Waals surface area contributed by atoms with E-state index in [1.165, 1.54) is 18.2 Å². The number of benzene rings is 2. The minimum atomic E-state index is -4.39. The second-order valence-corrected chi connectivity index (χ2v) is 9.86. The van der Waals surface area contributed by atoms with Crippen molar-refractivity contribution in [2.75, 3.05) is 0 Å². The minimum Gasteiger partial charge on any atom is -0.281 e. The molecule has 2 aromatic carbocycles. The highest BCUT2D eigenvalue weighted by Gasteiger charge is 2.30. The summed E-state index contributed by atoms with van der Waals surface area (Å²) in [7, 11) is -4.27. The van der Waals surface area contributed by atoms with Crippen LogP contribution in [0.25, 0.3) is 32.8 Å². The Balaban J connectivity index is 1.71. The van der Waals surface area contributed by atoms with E-state index < -0.39 is 21.9 Å². The van der Waals surface area contributed by atoms with Gasteiger partial charge in [0, 0.05) is 16.1 Å². The standard InChI is InChI=1S/C23H16F3NO3S2/c1-14-11-18(15-5-7-19(8-6-15)23(24,25)26)13-20(27-14)16-3-2-4-17(12-16)21-9-10-22(31-21)32(28,29)30/h2-13H,1H3,(H,28,29,30). The monoisotopic (exact) mass is 475 g/mol. The Kier molecular flexibility index (Phi) is 5.66. The zero-order valence-electron chi connectivity index (χ0n) is 16.6. The number of aromatic nitrogens is 1. The van der Waals surface area contributed by atoms with Crippen LogP contribution in [-0.4, -0.2) is 18.0 Å². The van der Waals surface area contributed by atoms with Gasteiger partial charge >= 0.3 is 16.3 Å². The van der Waals surface area contributed by atoms with Crippen LogP contribution in [0.3, 0.4) is 0 Å². The fourth-order valence-corrected chi connectivity index (χ4v) is 4.94. The summed E-state index contributed by atoms with van der Waals surface area (Å²) >= 11 is 0.953. The maximum atomic E-state index is 12.9. The molecule has 0 saturated carbocycles. The van der Waals surface area contributed by atoms with Crippen LogP contribution in [0.2, 0.25) is 0 Å². The van der Waals surface area contributed by atoms with Gasteiger partial charge in [-0.1, -0.05) is 30.3 Å². The second-order valence-electron chi connectivity index (χ2n) is 7.13. The lowest BCUT2D eigenvalue weighted by Gasteiger charge is -2.10. The lowest BCUT2D eigenvalue weighted by molar-refractivity contribution is -0.137. The fourth-order valence-electron chi connectivity index (χ4n) is 3.28. The van der Waals surface area contributed by atoms with Crippen LogP contribution in [0.15, 0.2) is 77.0 Å². The van der Waals surface area contributed by atoms with Crippen molar-refractivity contribution in [3.05, 3.63) is 84.1 Å². The molecule has 0 amide bonds. The first-order valence-corrected chi connectivity index (χ1v) is 11.6. The van der Waals surface area contributed by atoms with Crippen molar-refractivity contribution in [3.63, 3.8) is 0 Å². The van der Waals surface area contributed by atoms with E-state index in [9.17, 15) is 26.1 Å². The van der Waals surface area contributed by atoms with Crippen LogP contribution in [0, 0.1) is 6.92 Å². The molecule has 2 heterocycles. The molecular formula is C23H16F3NO3S2. The van der Waals surface area contributed by atoms with E-state index in [-0.39, 0.29) is 4.21 Å². The number of rotatable bonds is 4. The van der Waals surface area contributed by atoms with Crippen molar-refractivity contribution in [1.29, 1.82) is 0 Å². The molecule has 0 spiro atoms. The van der Waals surface area contributed by atoms with E-state index in [0.717, 1.165) is 40.2 Å². The molecule has 1 N–H and O–H groups in total. The summed E-state index contributed by atoms with van der Waals surface area (Å²) in [6.07, 6.45) is -4.39. The highest BCUT2D eigenvalue weighted by Crippen LogP contribution is 2.35. The first-order valence-electron chi connectivity index (χ1n) is 9.35. The largest absolute Gasteiger partial charge is 0.416 e. The third-order valence-corrected chi connectivity index (χ3v) is 7.23. The molecule has 0 aliphatic carbocycles. The summed E-state index contributed by atoms with van der Waals surface area (Å²) < 4.78 is 70.4. The van der Waals surface area contributed by atoms with Crippen LogP contribution in [-0.2, 0) is 16.3 Å². The van der Waals surface area contributed by atoms with Gasteiger partial charge in [0.25, 0.3) is 0 Å². The first-order chi connectivity index (χ1) is 15.0. The number of pyridine rings is 1. The zero-order valence-corrected chi connectivity index (χ0v) is 18.2. The zero-order chi connectivity index (χ0) is 23.1. The Morgan fingerprint density at radius 2 is 1.53 bits per heavy atom. The molecule has 32 heavy (non-hydrogen) atoms. The van der Waals surface area contributed by atoms with Crippen molar-refractivity contribution in [2.45, 2.75) is 17.3 Å². The van der Waals surface area contributed by atoms with Gasteiger partial charge in [0.15, 0.2) is 0 Å². The number of aryl methyl sites for hydroxylation is 1. The van der Waals surface area contributed by atoms with Crippen LogP contribution < -0.4 is 0 Å². The average molecular weight is 476 g/mol. The van der Waals surface area contributed by atoms with Crippen LogP contribution in [0.1, 0.15) is 11.3 Å². The molecule has 164 valence electrons. The van der Waals surface area contributed by atoms with E-state index >= 15 is 0 Å². The summed E-state index contributed by atoms with van der Waals surface area (Å²) in [6.45, 7) is 1.80. The molecule has 0 unspecified atom stereocenters. The molecule has 0 atom stereocenters. The third kappa shape index (κ3) is 4.74. The maximum Gasteiger partial charge on any atom is 0.416 e. The molecule has 4 rings (SSSR count). The molecule has 0 fully saturated rings. The number of thiophene rings is 1. The number of alkyl halides is 3. The van der Waals surface area contributed by atoms with Crippen molar-refractivity contribution in [3.8, 4) is 32.8 Å². The van der Waals surface area contributed by atoms with Gasteiger partial charge in [0.2, 0.25) is 0 Å². The van der Waals surface area contributed by atoms with Crippen molar-refractivity contribution in [1.82, 2.24) is 4.98 Å². The maximum absolute atomic E-state index is 12.9. The van der Waals surface area contributed by atoms with Gasteiger partial charge in [-0.3, -0.25) is 9.54 Å². The molecule has 0 bridgehead atoms. The number of hydrogen-bond acceptors (Lipinski definition) is 4. The van der Waals surface area contributed by atoms with Crippen molar-refractivity contribution in [2.24, 2.45) is 0 Å². The first kappa shape index (κ1) is 22.2. The van der Waals surface area contributed by atoms with E-state index in [0.29, 0.717) is 21.8 Å². The summed E-state index contributed by atoms with van der Waals surface area (Å²) in [5, 5.41) is 0. The molecule has 9 heteroatoms. The fraction of sp³-hybridized carbons (Fsp3) is 0.0870. The number of nitrogens with zero attached hydrogens (tertiary/aromatic N) is 1. The molecule has 0 saturated heterocycles. The summed E-state index contributed by atoms with van der Waals surface area (Å²) in [5.41, 5.74) is 3.51. The highest BCUT2D eigenvalue weighted by atomic mass is 32.3. The lowest BCUT2D eigenvalue weighted by atomic mass is 10.00. The molecule has 4 aromatic rings. The van der Waals surface area contributed by atoms with Gasteiger partial charge in [0.05, 0.1) is 11.3 Å². The lowest BCUT2D eigenvalue weighted by Crippen LogP contribution is -2.04. The van der Waals surface area contributed by atoms with Crippen LogP contribution in [0.5, 0.6) is 0 Å². The normalized spacial score (nSPS) is 12.2. The molecule has 0 aliphatic rings. The SMILES string of the molecule is Cc1cc(-c2ccc(C(F)(F)F)cc2)cc(-c2cccc(-c3ccc(S(=O)(=O)O)s3)c2)n1. The van der Waals surface area contributed by atoms with Crippen LogP contribution in [0.4, 0.5) is 13.2 Å². The Bertz CT molecular complexity index is 1390. The quantitative estimate of drug-likeness (QED) is 0.333. The molecule has 2 aromatic heterocycles. The number of hydrogen-bond donors (Lipinski definition) is 1. The van der Waals surface area contributed by atoms with Gasteiger partial charge in [-0.2, -0.15) is 21.6 Å². The van der Waals surface area contributed by atoms with Gasteiger partial charge in [-0.25, -0.2) is 0 Å². The van der Waals surface area contributed by atoms with Gasteiger partial charge < -0.3 is 0 Å². The van der Waals surface area contributed by atoms with Gasteiger partial charge in [-0.15, -0.1) is 11.3 Å². The Labute approximate surface area is 186 Å². The topological polar surface area (TPSA) is 67.3 Å². The van der Waals surface area contributed by atoms with Gasteiger partial charge in [-0.05, 0) is 66.1 Å². The van der Waals surface area contributed by atoms with Crippen LogP contribution >= 0.6 is 11.3 Å². The predicted molar refractivity (Wildman–Crippen MR) is 118 cm³/mol. The van der Waals surface area contributed by atoms with Crippen molar-refractivity contribution >= 4 is 21.5 Å². The Morgan fingerprint density at radius 1 is 0.844 bits per heavy atom. The summed E-state index contributed by atoms with van der Waals surface area (Å²) in [5.74, 6) is 0. The van der Waals surface area contributed by atoms with E-state index in [2.05, 4.69) is 4.98 Å². The summed E-state index contributed by atoms with van der Waals surface area (Å²) in [6, 6.07) is 18.8. The minimum absolute atomic E-state index is 0.142. The highest BCUT2D eigenvalue weighted by molar-refractivity contribution is 7.88. The predicted octanol–water partition coefficient (Wildman–Crippen LogP) is 6.72. The molecule has 4 nitrogen and oxygen atoms in total. The third-order valence-electron chi connectivity index (χ3n) is 4.78. The summed E-state index contributed by atoms with van der Waals surface area (Å²) in [4.78, 5) is 5.22. The Morgan fingerprint density at radius 3 is 2.16 bits per heavy atom. The van der Waals surface area contributed by atoms with E-state index in [1.807, 2.05) is 18.2 Å². The Hall–Kier alpha value is -3.01. The van der Waals surface area contributed by atoms with E-state index in [1.54, 1.807) is 31.2 Å². The smallest absolute Gasteiger partial charge is 0.281 e. The molecular weight excluding hydrogens is 459 g/mol.